The van der Waals surface area contributed by atoms with Crippen LogP contribution in [0.4, 0.5) is 4.39 Å². The average molecular weight is 236 g/mol. The van der Waals surface area contributed by atoms with Gasteiger partial charge in [-0.25, -0.2) is 4.39 Å². The molecule has 0 aromatic carbocycles. The topological polar surface area (TPSA) is 24.9 Å². The van der Waals surface area contributed by atoms with E-state index in [0.29, 0.717) is 5.92 Å². The zero-order chi connectivity index (χ0) is 12.5. The summed E-state index contributed by atoms with van der Waals surface area (Å²) in [6.07, 6.45) is 6.61. The van der Waals surface area contributed by atoms with Gasteiger partial charge >= 0.3 is 0 Å². The van der Waals surface area contributed by atoms with Crippen molar-refractivity contribution in [1.82, 2.24) is 10.3 Å². The lowest BCUT2D eigenvalue weighted by molar-refractivity contribution is 0.201. The van der Waals surface area contributed by atoms with Gasteiger partial charge in [-0.05, 0) is 37.3 Å². The van der Waals surface area contributed by atoms with Crippen molar-refractivity contribution in [3.8, 4) is 0 Å². The van der Waals surface area contributed by atoms with Gasteiger partial charge in [-0.15, -0.1) is 0 Å². The molecule has 0 aliphatic heterocycles. The van der Waals surface area contributed by atoms with Crippen molar-refractivity contribution >= 4 is 0 Å². The van der Waals surface area contributed by atoms with Crippen LogP contribution in [0.2, 0.25) is 0 Å². The Balaban J connectivity index is 2.31. The Labute approximate surface area is 103 Å². The molecule has 1 aromatic rings. The summed E-state index contributed by atoms with van der Waals surface area (Å²) in [5.74, 6) is 0.291. The predicted molar refractivity (Wildman–Crippen MR) is 67.1 cm³/mol. The maximum atomic E-state index is 13.8. The van der Waals surface area contributed by atoms with Crippen molar-refractivity contribution in [3.63, 3.8) is 0 Å². The molecule has 2 rings (SSSR count). The lowest BCUT2D eigenvalue weighted by atomic mass is 9.75. The van der Waals surface area contributed by atoms with Gasteiger partial charge in [0.2, 0.25) is 0 Å². The molecule has 2 atom stereocenters. The van der Waals surface area contributed by atoms with Crippen LogP contribution < -0.4 is 5.32 Å². The van der Waals surface area contributed by atoms with Gasteiger partial charge in [-0.3, -0.25) is 4.98 Å². The summed E-state index contributed by atoms with van der Waals surface area (Å²) in [4.78, 5) is 3.82. The third-order valence-electron chi connectivity index (χ3n) is 4.19. The van der Waals surface area contributed by atoms with Crippen molar-refractivity contribution in [2.24, 2.45) is 11.3 Å². The highest BCUT2D eigenvalue weighted by Gasteiger charge is 2.40. The fourth-order valence-electron chi connectivity index (χ4n) is 3.18. The zero-order valence-electron chi connectivity index (χ0n) is 10.8. The Kier molecular flexibility index (Phi) is 3.48. The molecule has 1 saturated carbocycles. The number of halogens is 1. The first kappa shape index (κ1) is 12.5. The van der Waals surface area contributed by atoms with E-state index in [4.69, 9.17) is 0 Å². The van der Waals surface area contributed by atoms with Crippen molar-refractivity contribution in [2.45, 2.75) is 39.2 Å². The number of aromatic nitrogens is 1. The highest BCUT2D eigenvalue weighted by atomic mass is 19.1. The summed E-state index contributed by atoms with van der Waals surface area (Å²) in [6, 6.07) is 1.89. The molecule has 0 saturated heterocycles. The van der Waals surface area contributed by atoms with Crippen molar-refractivity contribution in [3.05, 3.63) is 29.8 Å². The van der Waals surface area contributed by atoms with Gasteiger partial charge in [0.1, 0.15) is 5.82 Å². The third kappa shape index (κ3) is 2.34. The van der Waals surface area contributed by atoms with E-state index < -0.39 is 0 Å². The fourth-order valence-corrected chi connectivity index (χ4v) is 3.18. The molecule has 1 fully saturated rings. The molecule has 0 amide bonds. The number of rotatable bonds is 3. The Hall–Kier alpha value is -0.960. The third-order valence-corrected chi connectivity index (χ3v) is 4.19. The summed E-state index contributed by atoms with van der Waals surface area (Å²) in [7, 11) is 1.92. The van der Waals surface area contributed by atoms with Crippen LogP contribution in [0.1, 0.15) is 44.7 Å². The number of hydrogen-bond acceptors (Lipinski definition) is 2. The minimum atomic E-state index is -0.199. The second-order valence-electron chi connectivity index (χ2n) is 5.65. The van der Waals surface area contributed by atoms with Crippen LogP contribution in [0.25, 0.3) is 0 Å². The van der Waals surface area contributed by atoms with E-state index in [2.05, 4.69) is 24.1 Å². The highest BCUT2D eigenvalue weighted by molar-refractivity contribution is 5.19. The van der Waals surface area contributed by atoms with Crippen LogP contribution in [-0.4, -0.2) is 12.0 Å². The van der Waals surface area contributed by atoms with Gasteiger partial charge in [0.25, 0.3) is 0 Å². The van der Waals surface area contributed by atoms with Gasteiger partial charge in [0.15, 0.2) is 0 Å². The Bertz CT molecular complexity index is 390. The van der Waals surface area contributed by atoms with Gasteiger partial charge in [0, 0.05) is 17.8 Å². The summed E-state index contributed by atoms with van der Waals surface area (Å²) < 4.78 is 13.8. The SMILES string of the molecule is CNC(c1ccncc1F)C1CCCC1(C)C. The minimum Gasteiger partial charge on any atom is -0.313 e. The molecule has 0 radical (unpaired) electrons. The van der Waals surface area contributed by atoms with Gasteiger partial charge in [-0.1, -0.05) is 20.3 Å². The lowest BCUT2D eigenvalue weighted by Crippen LogP contribution is -2.32. The molecule has 1 aromatic heterocycles. The smallest absolute Gasteiger partial charge is 0.146 e. The molecular formula is C14H21FN2. The van der Waals surface area contributed by atoms with Crippen LogP contribution in [0, 0.1) is 17.2 Å². The largest absolute Gasteiger partial charge is 0.313 e. The molecule has 3 heteroatoms. The molecule has 1 heterocycles. The van der Waals surface area contributed by atoms with E-state index in [1.54, 1.807) is 12.3 Å². The highest BCUT2D eigenvalue weighted by Crippen LogP contribution is 2.48. The van der Waals surface area contributed by atoms with Crippen LogP contribution in [-0.2, 0) is 0 Å². The van der Waals surface area contributed by atoms with Crippen molar-refractivity contribution in [2.75, 3.05) is 7.05 Å². The molecule has 1 aliphatic carbocycles. The van der Waals surface area contributed by atoms with Gasteiger partial charge in [-0.2, -0.15) is 0 Å². The maximum Gasteiger partial charge on any atom is 0.146 e. The monoisotopic (exact) mass is 236 g/mol. The first-order chi connectivity index (χ1) is 8.06. The van der Waals surface area contributed by atoms with Crippen LogP contribution in [0.15, 0.2) is 18.5 Å². The van der Waals surface area contributed by atoms with Gasteiger partial charge < -0.3 is 5.32 Å². The fraction of sp³-hybridized carbons (Fsp3) is 0.643. The van der Waals surface area contributed by atoms with E-state index in [0.717, 1.165) is 5.56 Å². The van der Waals surface area contributed by atoms with E-state index in [1.807, 2.05) is 7.05 Å². The molecule has 2 unspecified atom stereocenters. The van der Waals surface area contributed by atoms with E-state index in [1.165, 1.54) is 25.5 Å². The molecule has 1 aliphatic rings. The van der Waals surface area contributed by atoms with Crippen molar-refractivity contribution < 1.29 is 4.39 Å². The summed E-state index contributed by atoms with van der Waals surface area (Å²) in [5, 5.41) is 3.29. The van der Waals surface area contributed by atoms with Crippen LogP contribution >= 0.6 is 0 Å². The molecular weight excluding hydrogens is 215 g/mol. The summed E-state index contributed by atoms with van der Waals surface area (Å²) in [6.45, 7) is 4.57. The number of hydrogen-bond donors (Lipinski definition) is 1. The minimum absolute atomic E-state index is 0.0931. The van der Waals surface area contributed by atoms with E-state index in [-0.39, 0.29) is 17.3 Å². The van der Waals surface area contributed by atoms with Gasteiger partial charge in [0.05, 0.1) is 6.20 Å². The van der Waals surface area contributed by atoms with Crippen molar-refractivity contribution in [1.29, 1.82) is 0 Å². The molecule has 94 valence electrons. The second-order valence-corrected chi connectivity index (χ2v) is 5.65. The maximum absolute atomic E-state index is 13.8. The Morgan fingerprint density at radius 1 is 1.53 bits per heavy atom. The summed E-state index contributed by atoms with van der Waals surface area (Å²) in [5.41, 5.74) is 1.03. The standard InChI is InChI=1S/C14H21FN2/c1-14(2)7-4-5-11(14)13(16-3)10-6-8-17-9-12(10)15/h6,8-9,11,13,16H,4-5,7H2,1-3H3. The first-order valence-corrected chi connectivity index (χ1v) is 6.33. The molecule has 17 heavy (non-hydrogen) atoms. The number of nitrogens with zero attached hydrogens (tertiary/aromatic N) is 1. The first-order valence-electron chi connectivity index (χ1n) is 6.33. The number of nitrogens with one attached hydrogen (secondary N) is 1. The van der Waals surface area contributed by atoms with Crippen LogP contribution in [0.3, 0.4) is 0 Å². The Morgan fingerprint density at radius 3 is 2.82 bits per heavy atom. The predicted octanol–water partition coefficient (Wildman–Crippen LogP) is 3.31. The molecule has 0 spiro atoms. The lowest BCUT2D eigenvalue weighted by Gasteiger charge is -2.34. The molecule has 0 bridgehead atoms. The average Bonchev–Trinajstić information content (AvgIpc) is 2.63. The molecule has 2 nitrogen and oxygen atoms in total. The Morgan fingerprint density at radius 2 is 2.29 bits per heavy atom. The van der Waals surface area contributed by atoms with E-state index >= 15 is 0 Å². The quantitative estimate of drug-likeness (QED) is 0.871. The number of pyridine rings is 1. The van der Waals surface area contributed by atoms with E-state index in [9.17, 15) is 4.39 Å². The van der Waals surface area contributed by atoms with Crippen LogP contribution in [0.5, 0.6) is 0 Å². The zero-order valence-corrected chi connectivity index (χ0v) is 10.8. The second kappa shape index (κ2) is 4.73. The normalized spacial score (nSPS) is 24.8. The summed E-state index contributed by atoms with van der Waals surface area (Å²) >= 11 is 0. The molecule has 1 N–H and O–H groups in total.